The molecule has 0 heterocycles. The molecule has 0 spiro atoms. The second-order valence-electron chi connectivity index (χ2n) is 2.56. The minimum absolute atomic E-state index is 0. The average Bonchev–Trinajstić information content (AvgIpc) is 1.72. The van der Waals surface area contributed by atoms with Crippen LogP contribution >= 0.6 is 12.4 Å². The van der Waals surface area contributed by atoms with Crippen molar-refractivity contribution in [3.63, 3.8) is 0 Å². The van der Waals surface area contributed by atoms with Crippen molar-refractivity contribution in [3.05, 3.63) is 0 Å². The zero-order valence-corrected chi connectivity index (χ0v) is 10.0. The molecule has 0 aromatic rings. The van der Waals surface area contributed by atoms with Gasteiger partial charge < -0.3 is 0 Å². The van der Waals surface area contributed by atoms with E-state index in [1.165, 1.54) is 0 Å². The van der Waals surface area contributed by atoms with Gasteiger partial charge in [0.25, 0.3) is 0 Å². The van der Waals surface area contributed by atoms with Crippen LogP contribution in [0.1, 0.15) is 20.8 Å². The van der Waals surface area contributed by atoms with Gasteiger partial charge in [-0.25, -0.2) is 0 Å². The quantitative estimate of drug-likeness (QED) is 0.638. The molecule has 9 heavy (non-hydrogen) atoms. The molecule has 0 unspecified atom stereocenters. The maximum atomic E-state index is 2.35. The van der Waals surface area contributed by atoms with Crippen molar-refractivity contribution in [2.24, 2.45) is 0 Å². The molecule has 0 N–H and O–H groups in total. The molecule has 0 atom stereocenters. The standard InChI is InChI=1S/3C2H5.ClH.H4Si.Zn/c3*1-2;;;/h3*1H2,2H3;1H;1H4;. The maximum absolute atomic E-state index is 2.35. The smallest absolute Gasteiger partial charge is 0.0149 e. The molecule has 0 aliphatic rings. The normalized spacial score (nSPS) is 7.00. The first kappa shape index (κ1) is 16.6. The van der Waals surface area contributed by atoms with Crippen molar-refractivity contribution in [2.75, 3.05) is 0 Å². The van der Waals surface area contributed by atoms with Crippen LogP contribution in [-0.2, 0) is 16.0 Å². The Labute approximate surface area is 75.1 Å². The zero-order valence-electron chi connectivity index (χ0n) is 6.24. The average molecular weight is 221 g/mol. The molecule has 0 saturated heterocycles. The summed E-state index contributed by atoms with van der Waals surface area (Å²) in [6.07, 6.45) is 0. The molecule has 0 nitrogen and oxygen atoms in total. The number of hydrogen-bond acceptors (Lipinski definition) is 0. The molecular weight excluding hydrogens is 201 g/mol. The third kappa shape index (κ3) is 9.13. The Balaban J connectivity index is -0.000000180. The first-order valence-electron chi connectivity index (χ1n) is 3.62. The predicted molar refractivity (Wildman–Crippen MR) is 50.0 cm³/mol. The van der Waals surface area contributed by atoms with Crippen molar-refractivity contribution in [2.45, 2.75) is 35.8 Å². The van der Waals surface area contributed by atoms with Crippen molar-refractivity contribution >= 4 is 23.4 Å². The Kier molecular flexibility index (Phi) is 21.9. The summed E-state index contributed by atoms with van der Waals surface area (Å²) in [6.45, 7) is 7.06. The van der Waals surface area contributed by atoms with Crippen LogP contribution in [0.2, 0.25) is 15.0 Å². The Hall–Kier alpha value is 1.13. The third-order valence-corrected chi connectivity index (χ3v) is 11.0. The Bertz CT molecular complexity index is 34.5. The SMILES string of the molecule is C[CH2][Zn]([CH2]C)[CH2]C.Cl.[SiH4]. The fourth-order valence-corrected chi connectivity index (χ4v) is 5.51. The van der Waals surface area contributed by atoms with Gasteiger partial charge in [-0.05, 0) is 11.0 Å². The van der Waals surface area contributed by atoms with Crippen LogP contribution in [0.4, 0.5) is 0 Å². The van der Waals surface area contributed by atoms with Gasteiger partial charge in [0.2, 0.25) is 0 Å². The Morgan fingerprint density at radius 2 is 1.11 bits per heavy atom. The molecule has 0 fully saturated rings. The van der Waals surface area contributed by atoms with E-state index in [9.17, 15) is 0 Å². The van der Waals surface area contributed by atoms with Crippen LogP contribution in [0.5, 0.6) is 0 Å². The molecule has 0 aliphatic heterocycles. The van der Waals surface area contributed by atoms with Gasteiger partial charge in [-0.15, -0.1) is 12.4 Å². The Morgan fingerprint density at radius 3 is 1.11 bits per heavy atom. The number of rotatable bonds is 3. The molecule has 0 aliphatic carbocycles. The summed E-state index contributed by atoms with van der Waals surface area (Å²) in [4.78, 5) is 0. The summed E-state index contributed by atoms with van der Waals surface area (Å²) >= 11 is -0.750. The first-order valence-corrected chi connectivity index (χ1v) is 9.92. The van der Waals surface area contributed by atoms with Crippen molar-refractivity contribution < 1.29 is 16.0 Å². The van der Waals surface area contributed by atoms with Crippen LogP contribution < -0.4 is 0 Å². The van der Waals surface area contributed by atoms with Gasteiger partial charge >= 0.3 is 51.8 Å². The second kappa shape index (κ2) is 11.9. The number of hydrogen-bond donors (Lipinski definition) is 0. The van der Waals surface area contributed by atoms with Crippen molar-refractivity contribution in [1.29, 1.82) is 0 Å². The third-order valence-electron chi connectivity index (χ3n) is 2.12. The van der Waals surface area contributed by atoms with Gasteiger partial charge in [-0.2, -0.15) is 0 Å². The van der Waals surface area contributed by atoms with E-state index in [0.717, 1.165) is 0 Å². The van der Waals surface area contributed by atoms with E-state index in [1.807, 2.05) is 0 Å². The molecular formula is C6H20ClSiZn. The summed E-state index contributed by atoms with van der Waals surface area (Å²) in [7, 11) is 0. The molecule has 0 bridgehead atoms. The fraction of sp³-hybridized carbons (Fsp3) is 1.00. The molecule has 0 radical (unpaired) electrons. The van der Waals surface area contributed by atoms with Crippen LogP contribution in [-0.4, -0.2) is 11.0 Å². The summed E-state index contributed by atoms with van der Waals surface area (Å²) < 4.78 is 0. The van der Waals surface area contributed by atoms with Crippen LogP contribution in [0.25, 0.3) is 0 Å². The van der Waals surface area contributed by atoms with E-state index in [1.54, 1.807) is 15.0 Å². The van der Waals surface area contributed by atoms with E-state index in [-0.39, 0.29) is 23.4 Å². The van der Waals surface area contributed by atoms with Gasteiger partial charge in [-0.3, -0.25) is 0 Å². The summed E-state index contributed by atoms with van der Waals surface area (Å²) in [5, 5.41) is 4.69. The van der Waals surface area contributed by atoms with E-state index in [2.05, 4.69) is 20.8 Å². The van der Waals surface area contributed by atoms with Crippen LogP contribution in [0.3, 0.4) is 0 Å². The van der Waals surface area contributed by atoms with Gasteiger partial charge in [0, 0.05) is 0 Å². The molecule has 0 saturated carbocycles. The summed E-state index contributed by atoms with van der Waals surface area (Å²) in [5.74, 6) is 0. The molecule has 3 heteroatoms. The Morgan fingerprint density at radius 1 is 0.889 bits per heavy atom. The number of halogens is 1. The van der Waals surface area contributed by atoms with E-state index >= 15 is 0 Å². The first-order chi connectivity index (χ1) is 3.35. The molecule has 0 aromatic carbocycles. The molecule has 0 aromatic heterocycles. The largest absolute Gasteiger partial charge is 0.147 e. The molecule has 57 valence electrons. The monoisotopic (exact) mass is 219 g/mol. The minimum Gasteiger partial charge on any atom is -0.147 e. The van der Waals surface area contributed by atoms with Gasteiger partial charge in [0.1, 0.15) is 0 Å². The van der Waals surface area contributed by atoms with Crippen molar-refractivity contribution in [3.8, 4) is 0 Å². The van der Waals surface area contributed by atoms with Gasteiger partial charge in [0.15, 0.2) is 0 Å². The van der Waals surface area contributed by atoms with E-state index in [4.69, 9.17) is 0 Å². The van der Waals surface area contributed by atoms with Gasteiger partial charge in [0.05, 0.1) is 0 Å². The summed E-state index contributed by atoms with van der Waals surface area (Å²) in [6, 6.07) is 0. The molecule has 0 rings (SSSR count). The predicted octanol–water partition coefficient (Wildman–Crippen LogP) is 1.89. The maximum Gasteiger partial charge on any atom is -0.0149 e. The minimum atomic E-state index is -0.750. The van der Waals surface area contributed by atoms with Crippen molar-refractivity contribution in [1.82, 2.24) is 0 Å². The van der Waals surface area contributed by atoms with Crippen LogP contribution in [0, 0.1) is 0 Å². The van der Waals surface area contributed by atoms with Crippen LogP contribution in [0.15, 0.2) is 0 Å². The fourth-order valence-electron chi connectivity index (χ4n) is 1.06. The second-order valence-corrected chi connectivity index (χ2v) is 13.3. The summed E-state index contributed by atoms with van der Waals surface area (Å²) in [5.41, 5.74) is 0. The van der Waals surface area contributed by atoms with E-state index < -0.39 is 16.0 Å². The van der Waals surface area contributed by atoms with E-state index in [0.29, 0.717) is 0 Å². The topological polar surface area (TPSA) is 0 Å². The zero-order chi connectivity index (χ0) is 5.70. The van der Waals surface area contributed by atoms with Gasteiger partial charge in [-0.1, -0.05) is 0 Å². The molecule has 0 amide bonds.